The molecule has 6 heteroatoms. The molecule has 0 saturated heterocycles. The number of aryl methyl sites for hydroxylation is 1. The van der Waals surface area contributed by atoms with Crippen molar-refractivity contribution in [3.63, 3.8) is 0 Å². The number of amides is 1. The maximum atomic E-state index is 13.1. The number of hydrogen-bond acceptors (Lipinski definition) is 4. The van der Waals surface area contributed by atoms with Crippen molar-refractivity contribution >= 4 is 17.5 Å². The Labute approximate surface area is 176 Å². The molecule has 1 amide bonds. The number of fused-ring (bicyclic) bond motifs is 1. The second-order valence-corrected chi connectivity index (χ2v) is 9.58. The lowest BCUT2D eigenvalue weighted by atomic mass is 9.49. The molecule has 29 heavy (non-hydrogen) atoms. The highest BCUT2D eigenvalue weighted by molar-refractivity contribution is 6.31. The van der Waals surface area contributed by atoms with Crippen LogP contribution in [0.4, 0.5) is 0 Å². The summed E-state index contributed by atoms with van der Waals surface area (Å²) in [6.07, 6.45) is -0.116. The van der Waals surface area contributed by atoms with Crippen LogP contribution in [0.25, 0.3) is 0 Å². The Balaban J connectivity index is 1.60. The van der Waals surface area contributed by atoms with E-state index in [2.05, 4.69) is 38.7 Å². The van der Waals surface area contributed by atoms with E-state index in [1.807, 2.05) is 24.0 Å². The normalized spacial score (nSPS) is 23.9. The number of hydrogen-bond donors (Lipinski definition) is 0. The number of benzene rings is 1. The Hall–Kier alpha value is -2.58. The van der Waals surface area contributed by atoms with Crippen molar-refractivity contribution in [2.24, 2.45) is 10.8 Å². The molecule has 0 unspecified atom stereocenters. The molecule has 5 nitrogen and oxygen atoms in total. The second kappa shape index (κ2) is 6.47. The van der Waals surface area contributed by atoms with Gasteiger partial charge in [-0.15, -0.1) is 0 Å². The molecule has 0 spiro atoms. The standard InChI is InChI=1S/C23H24ClN3O2/c1-13-6-9-16-18(26-13)12-27(19(16)28)20-22(2,3)21(23(20,4)5)29-15-8-7-14(11-25)17(24)10-15/h6-10,20-21H,12H2,1-5H3/t20-,21-. The van der Waals surface area contributed by atoms with Crippen LogP contribution in [0.2, 0.25) is 5.02 Å². The molecule has 1 aliphatic heterocycles. The summed E-state index contributed by atoms with van der Waals surface area (Å²) in [6.45, 7) is 11.0. The van der Waals surface area contributed by atoms with Crippen LogP contribution >= 0.6 is 11.6 Å². The van der Waals surface area contributed by atoms with Crippen LogP contribution in [0.15, 0.2) is 30.3 Å². The van der Waals surface area contributed by atoms with Crippen LogP contribution < -0.4 is 4.74 Å². The Morgan fingerprint density at radius 2 is 1.90 bits per heavy atom. The van der Waals surface area contributed by atoms with E-state index in [4.69, 9.17) is 21.6 Å². The van der Waals surface area contributed by atoms with E-state index in [-0.39, 0.29) is 28.9 Å². The number of halogens is 1. The molecule has 1 saturated carbocycles. The summed E-state index contributed by atoms with van der Waals surface area (Å²) in [5.74, 6) is 0.672. The average Bonchev–Trinajstić information content (AvgIpc) is 2.94. The van der Waals surface area contributed by atoms with Gasteiger partial charge in [0.1, 0.15) is 17.9 Å². The monoisotopic (exact) mass is 409 g/mol. The number of pyridine rings is 1. The van der Waals surface area contributed by atoms with E-state index in [0.717, 1.165) is 11.4 Å². The van der Waals surface area contributed by atoms with Crippen molar-refractivity contribution in [1.29, 1.82) is 5.26 Å². The third-order valence-electron chi connectivity index (χ3n) is 6.31. The van der Waals surface area contributed by atoms with Crippen LogP contribution in [-0.2, 0) is 6.54 Å². The van der Waals surface area contributed by atoms with Gasteiger partial charge in [0, 0.05) is 28.6 Å². The fraction of sp³-hybridized carbons (Fsp3) is 0.435. The topological polar surface area (TPSA) is 66.2 Å². The number of carbonyl (C=O) groups is 1. The van der Waals surface area contributed by atoms with Gasteiger partial charge in [0.15, 0.2) is 0 Å². The van der Waals surface area contributed by atoms with Crippen LogP contribution in [0.5, 0.6) is 5.75 Å². The smallest absolute Gasteiger partial charge is 0.256 e. The minimum atomic E-state index is -0.267. The molecule has 1 fully saturated rings. The van der Waals surface area contributed by atoms with E-state index in [9.17, 15) is 4.79 Å². The van der Waals surface area contributed by atoms with E-state index in [1.54, 1.807) is 18.2 Å². The molecule has 0 N–H and O–H groups in total. The second-order valence-electron chi connectivity index (χ2n) is 9.18. The molecule has 150 valence electrons. The molecular weight excluding hydrogens is 386 g/mol. The maximum absolute atomic E-state index is 13.1. The highest BCUT2D eigenvalue weighted by atomic mass is 35.5. The van der Waals surface area contributed by atoms with Crippen molar-refractivity contribution < 1.29 is 9.53 Å². The van der Waals surface area contributed by atoms with Gasteiger partial charge in [-0.25, -0.2) is 0 Å². The molecule has 2 aromatic rings. The lowest BCUT2D eigenvalue weighted by molar-refractivity contribution is -0.199. The molecule has 2 aliphatic rings. The van der Waals surface area contributed by atoms with Crippen LogP contribution in [0.1, 0.15) is 55.0 Å². The van der Waals surface area contributed by atoms with Crippen molar-refractivity contribution in [2.75, 3.05) is 0 Å². The van der Waals surface area contributed by atoms with Crippen molar-refractivity contribution in [2.45, 2.75) is 53.3 Å². The van der Waals surface area contributed by atoms with Crippen LogP contribution in [0, 0.1) is 29.1 Å². The highest BCUT2D eigenvalue weighted by Gasteiger charge is 2.67. The van der Waals surface area contributed by atoms with E-state index >= 15 is 0 Å². The largest absolute Gasteiger partial charge is 0.489 e. The summed E-state index contributed by atoms with van der Waals surface area (Å²) in [5.41, 5.74) is 2.36. The Morgan fingerprint density at radius 3 is 2.52 bits per heavy atom. The third kappa shape index (κ3) is 2.89. The number of aromatic nitrogens is 1. The summed E-state index contributed by atoms with van der Waals surface area (Å²) in [7, 11) is 0. The number of carbonyl (C=O) groups excluding carboxylic acids is 1. The molecule has 4 rings (SSSR count). The van der Waals surface area contributed by atoms with Gasteiger partial charge in [0.25, 0.3) is 5.91 Å². The van der Waals surface area contributed by atoms with Gasteiger partial charge >= 0.3 is 0 Å². The van der Waals surface area contributed by atoms with Gasteiger partial charge in [0.05, 0.1) is 28.4 Å². The van der Waals surface area contributed by atoms with Gasteiger partial charge in [-0.1, -0.05) is 39.3 Å². The number of nitriles is 1. The first kappa shape index (κ1) is 19.7. The Kier molecular flexibility index (Phi) is 4.40. The SMILES string of the molecule is Cc1ccc2c(n1)CN([C@H]1C(C)(C)[C@H](Oc3ccc(C#N)c(Cl)c3)C1(C)C)C2=O. The highest BCUT2D eigenvalue weighted by Crippen LogP contribution is 2.59. The number of nitrogens with zero attached hydrogens (tertiary/aromatic N) is 3. The van der Waals surface area contributed by atoms with Gasteiger partial charge in [0.2, 0.25) is 0 Å². The first-order chi connectivity index (χ1) is 13.6. The van der Waals surface area contributed by atoms with E-state index in [1.165, 1.54) is 0 Å². The molecule has 0 radical (unpaired) electrons. The summed E-state index contributed by atoms with van der Waals surface area (Å²) in [4.78, 5) is 19.6. The summed E-state index contributed by atoms with van der Waals surface area (Å²) < 4.78 is 6.34. The molecule has 1 aromatic heterocycles. The third-order valence-corrected chi connectivity index (χ3v) is 6.63. The van der Waals surface area contributed by atoms with Crippen molar-refractivity contribution in [3.05, 3.63) is 57.9 Å². The zero-order chi connectivity index (χ0) is 21.1. The molecule has 2 heterocycles. The maximum Gasteiger partial charge on any atom is 0.256 e. The minimum Gasteiger partial charge on any atom is -0.489 e. The Bertz CT molecular complexity index is 1040. The first-order valence-corrected chi connectivity index (χ1v) is 10.1. The molecular formula is C23H24ClN3O2. The van der Waals surface area contributed by atoms with Gasteiger partial charge < -0.3 is 9.64 Å². The lowest BCUT2D eigenvalue weighted by Gasteiger charge is -2.65. The Morgan fingerprint density at radius 1 is 1.21 bits per heavy atom. The van der Waals surface area contributed by atoms with E-state index < -0.39 is 0 Å². The quantitative estimate of drug-likeness (QED) is 0.733. The molecule has 1 aliphatic carbocycles. The zero-order valence-corrected chi connectivity index (χ0v) is 18.0. The van der Waals surface area contributed by atoms with Gasteiger partial charge in [-0.05, 0) is 31.2 Å². The average molecular weight is 410 g/mol. The fourth-order valence-electron chi connectivity index (χ4n) is 5.53. The summed E-state index contributed by atoms with van der Waals surface area (Å²) in [6, 6.07) is 11.0. The fourth-order valence-corrected chi connectivity index (χ4v) is 5.75. The predicted molar refractivity (Wildman–Crippen MR) is 111 cm³/mol. The minimum absolute atomic E-state index is 0.0101. The zero-order valence-electron chi connectivity index (χ0n) is 17.3. The number of rotatable bonds is 3. The van der Waals surface area contributed by atoms with Crippen molar-refractivity contribution in [3.8, 4) is 11.8 Å². The molecule has 0 bridgehead atoms. The van der Waals surface area contributed by atoms with Gasteiger partial charge in [-0.3, -0.25) is 9.78 Å². The molecule has 0 atom stereocenters. The lowest BCUT2D eigenvalue weighted by Crippen LogP contribution is -2.74. The van der Waals surface area contributed by atoms with E-state index in [0.29, 0.717) is 28.4 Å². The first-order valence-electron chi connectivity index (χ1n) is 9.71. The van der Waals surface area contributed by atoms with Crippen LogP contribution in [0.3, 0.4) is 0 Å². The number of ether oxygens (including phenoxy) is 1. The molecule has 1 aromatic carbocycles. The summed E-state index contributed by atoms with van der Waals surface area (Å²) >= 11 is 6.17. The van der Waals surface area contributed by atoms with Crippen molar-refractivity contribution in [1.82, 2.24) is 9.88 Å². The predicted octanol–water partition coefficient (Wildman–Crippen LogP) is 4.75. The van der Waals surface area contributed by atoms with Crippen LogP contribution in [-0.4, -0.2) is 27.9 Å². The summed E-state index contributed by atoms with van der Waals surface area (Å²) in [5, 5.41) is 9.45. The van der Waals surface area contributed by atoms with Gasteiger partial charge in [-0.2, -0.15) is 5.26 Å².